The van der Waals surface area contributed by atoms with Crippen molar-refractivity contribution in [3.05, 3.63) is 46.5 Å². The maximum atomic E-state index is 11.3. The minimum atomic E-state index is -0.425. The van der Waals surface area contributed by atoms with Gasteiger partial charge in [0.15, 0.2) is 5.75 Å². The third kappa shape index (κ3) is 3.50. The summed E-state index contributed by atoms with van der Waals surface area (Å²) in [5, 5.41) is 14.3. The van der Waals surface area contributed by atoms with Gasteiger partial charge in [0.2, 0.25) is 0 Å². The number of nitro groups is 1. The molecular weight excluding hydrogens is 272 g/mol. The molecule has 0 atom stereocenters. The van der Waals surface area contributed by atoms with Gasteiger partial charge in [0.05, 0.1) is 18.1 Å². The number of hydrogen-bond donors (Lipinski definition) is 1. The molecule has 2 rings (SSSR count). The normalized spacial score (nSPS) is 10.4. The van der Waals surface area contributed by atoms with Crippen LogP contribution in [0, 0.1) is 10.1 Å². The Balaban J connectivity index is 2.21. The molecule has 0 radical (unpaired) electrons. The number of rotatable bonds is 7. The standard InChI is InChI=1S/C14H18N4O3/c1-3-9-21-12-6-4-5-11(14(12)18(19)20)16-10-13-15-7-8-17(13)2/h4-8,16H,3,9-10H2,1-2H3. The van der Waals surface area contributed by atoms with Crippen molar-refractivity contribution in [2.75, 3.05) is 11.9 Å². The van der Waals surface area contributed by atoms with E-state index in [1.54, 1.807) is 24.4 Å². The summed E-state index contributed by atoms with van der Waals surface area (Å²) in [6.07, 6.45) is 4.31. The minimum absolute atomic E-state index is 0.0415. The fraction of sp³-hybridized carbons (Fsp3) is 0.357. The van der Waals surface area contributed by atoms with Gasteiger partial charge in [-0.25, -0.2) is 4.98 Å². The van der Waals surface area contributed by atoms with Crippen LogP contribution in [0.15, 0.2) is 30.6 Å². The van der Waals surface area contributed by atoms with Crippen molar-refractivity contribution in [1.82, 2.24) is 9.55 Å². The fourth-order valence-corrected chi connectivity index (χ4v) is 1.92. The van der Waals surface area contributed by atoms with E-state index in [1.807, 2.05) is 24.7 Å². The molecule has 112 valence electrons. The lowest BCUT2D eigenvalue weighted by Gasteiger charge is -2.10. The van der Waals surface area contributed by atoms with Gasteiger partial charge in [-0.1, -0.05) is 13.0 Å². The van der Waals surface area contributed by atoms with E-state index in [1.165, 1.54) is 0 Å². The molecule has 0 aliphatic rings. The predicted molar refractivity (Wildman–Crippen MR) is 79.4 cm³/mol. The Labute approximate surface area is 122 Å². The number of benzene rings is 1. The molecule has 7 heteroatoms. The van der Waals surface area contributed by atoms with Crippen LogP contribution in [0.25, 0.3) is 0 Å². The summed E-state index contributed by atoms with van der Waals surface area (Å²) in [4.78, 5) is 15.1. The number of aromatic nitrogens is 2. The summed E-state index contributed by atoms with van der Waals surface area (Å²) >= 11 is 0. The number of para-hydroxylation sites is 1. The highest BCUT2D eigenvalue weighted by Gasteiger charge is 2.21. The van der Waals surface area contributed by atoms with E-state index in [4.69, 9.17) is 4.74 Å². The van der Waals surface area contributed by atoms with Gasteiger partial charge >= 0.3 is 5.69 Å². The topological polar surface area (TPSA) is 82.2 Å². The molecule has 0 aliphatic carbocycles. The van der Waals surface area contributed by atoms with E-state index < -0.39 is 4.92 Å². The summed E-state index contributed by atoms with van der Waals surface area (Å²) in [6, 6.07) is 5.01. The molecule has 0 saturated heterocycles. The van der Waals surface area contributed by atoms with Crippen molar-refractivity contribution in [3.63, 3.8) is 0 Å². The van der Waals surface area contributed by atoms with E-state index in [0.717, 1.165) is 12.2 Å². The Morgan fingerprint density at radius 2 is 2.29 bits per heavy atom. The molecule has 0 amide bonds. The largest absolute Gasteiger partial charge is 0.487 e. The number of aryl methyl sites for hydroxylation is 1. The molecule has 0 fully saturated rings. The zero-order chi connectivity index (χ0) is 15.2. The number of nitro benzene ring substituents is 1. The van der Waals surface area contributed by atoms with Crippen LogP contribution in [0.5, 0.6) is 5.75 Å². The molecule has 0 aliphatic heterocycles. The molecule has 0 spiro atoms. The van der Waals surface area contributed by atoms with E-state index in [-0.39, 0.29) is 11.4 Å². The smallest absolute Gasteiger partial charge is 0.333 e. The van der Waals surface area contributed by atoms with Gasteiger partial charge in [-0.05, 0) is 18.6 Å². The van der Waals surface area contributed by atoms with E-state index in [0.29, 0.717) is 18.8 Å². The molecule has 0 bridgehead atoms. The minimum Gasteiger partial charge on any atom is -0.487 e. The zero-order valence-corrected chi connectivity index (χ0v) is 12.1. The molecule has 1 aromatic heterocycles. The van der Waals surface area contributed by atoms with Gasteiger partial charge in [-0.2, -0.15) is 0 Å². The summed E-state index contributed by atoms with van der Waals surface area (Å²) in [6.45, 7) is 2.81. The Kier molecular flexibility index (Phi) is 4.76. The van der Waals surface area contributed by atoms with Crippen LogP contribution >= 0.6 is 0 Å². The zero-order valence-electron chi connectivity index (χ0n) is 12.1. The molecule has 7 nitrogen and oxygen atoms in total. The van der Waals surface area contributed by atoms with Crippen LogP contribution < -0.4 is 10.1 Å². The lowest BCUT2D eigenvalue weighted by Crippen LogP contribution is -2.08. The molecule has 2 aromatic rings. The Bertz CT molecular complexity index is 624. The average molecular weight is 290 g/mol. The van der Waals surface area contributed by atoms with Crippen molar-refractivity contribution in [2.45, 2.75) is 19.9 Å². The third-order valence-electron chi connectivity index (χ3n) is 3.00. The number of ether oxygens (including phenoxy) is 1. The van der Waals surface area contributed by atoms with Crippen molar-refractivity contribution >= 4 is 11.4 Å². The molecule has 0 unspecified atom stereocenters. The number of nitrogens with zero attached hydrogens (tertiary/aromatic N) is 3. The molecule has 1 N–H and O–H groups in total. The van der Waals surface area contributed by atoms with Gasteiger partial charge in [0.1, 0.15) is 11.5 Å². The summed E-state index contributed by atoms with van der Waals surface area (Å²) in [7, 11) is 1.87. The summed E-state index contributed by atoms with van der Waals surface area (Å²) < 4.78 is 7.30. The van der Waals surface area contributed by atoms with Gasteiger partial charge in [-0.3, -0.25) is 10.1 Å². The van der Waals surface area contributed by atoms with Crippen LogP contribution in [0.1, 0.15) is 19.2 Å². The van der Waals surface area contributed by atoms with Gasteiger partial charge in [-0.15, -0.1) is 0 Å². The summed E-state index contributed by atoms with van der Waals surface area (Å²) in [5.41, 5.74) is 0.386. The summed E-state index contributed by atoms with van der Waals surface area (Å²) in [5.74, 6) is 1.08. The number of nitrogens with one attached hydrogen (secondary N) is 1. The van der Waals surface area contributed by atoms with Crippen molar-refractivity contribution in [1.29, 1.82) is 0 Å². The monoisotopic (exact) mass is 290 g/mol. The molecule has 21 heavy (non-hydrogen) atoms. The fourth-order valence-electron chi connectivity index (χ4n) is 1.92. The van der Waals surface area contributed by atoms with Gasteiger partial charge < -0.3 is 14.6 Å². The molecule has 1 aromatic carbocycles. The van der Waals surface area contributed by atoms with Crippen LogP contribution in [-0.2, 0) is 13.6 Å². The SMILES string of the molecule is CCCOc1cccc(NCc2nccn2C)c1[N+](=O)[O-]. The first kappa shape index (κ1) is 14.8. The quantitative estimate of drug-likeness (QED) is 0.626. The Morgan fingerprint density at radius 1 is 1.48 bits per heavy atom. The average Bonchev–Trinajstić information content (AvgIpc) is 2.87. The second kappa shape index (κ2) is 6.74. The molecule has 1 heterocycles. The highest BCUT2D eigenvalue weighted by atomic mass is 16.6. The first-order chi connectivity index (χ1) is 10.1. The first-order valence-corrected chi connectivity index (χ1v) is 6.73. The van der Waals surface area contributed by atoms with E-state index in [9.17, 15) is 10.1 Å². The number of hydrogen-bond acceptors (Lipinski definition) is 5. The van der Waals surface area contributed by atoms with Crippen LogP contribution in [0.2, 0.25) is 0 Å². The molecular formula is C14H18N4O3. The molecule has 0 saturated carbocycles. The van der Waals surface area contributed by atoms with Crippen molar-refractivity contribution in [3.8, 4) is 5.75 Å². The maximum absolute atomic E-state index is 11.3. The van der Waals surface area contributed by atoms with E-state index >= 15 is 0 Å². The van der Waals surface area contributed by atoms with Crippen molar-refractivity contribution < 1.29 is 9.66 Å². The van der Waals surface area contributed by atoms with Gasteiger partial charge in [0, 0.05) is 19.4 Å². The second-order valence-corrected chi connectivity index (χ2v) is 4.57. The lowest BCUT2D eigenvalue weighted by atomic mass is 10.2. The number of anilines is 1. The van der Waals surface area contributed by atoms with Crippen LogP contribution in [0.4, 0.5) is 11.4 Å². The lowest BCUT2D eigenvalue weighted by molar-refractivity contribution is -0.385. The van der Waals surface area contributed by atoms with Gasteiger partial charge in [0.25, 0.3) is 0 Å². The predicted octanol–water partition coefficient (Wildman–Crippen LogP) is 2.73. The second-order valence-electron chi connectivity index (χ2n) is 4.57. The van der Waals surface area contributed by atoms with Crippen molar-refractivity contribution in [2.24, 2.45) is 7.05 Å². The highest BCUT2D eigenvalue weighted by Crippen LogP contribution is 2.35. The van der Waals surface area contributed by atoms with E-state index in [2.05, 4.69) is 10.3 Å². The Morgan fingerprint density at radius 3 is 2.90 bits per heavy atom. The number of imidazole rings is 1. The third-order valence-corrected chi connectivity index (χ3v) is 3.00. The van der Waals surface area contributed by atoms with Crippen LogP contribution in [-0.4, -0.2) is 21.1 Å². The van der Waals surface area contributed by atoms with Crippen LogP contribution in [0.3, 0.4) is 0 Å². The Hall–Kier alpha value is -2.57. The highest BCUT2D eigenvalue weighted by molar-refractivity contribution is 5.68. The maximum Gasteiger partial charge on any atom is 0.333 e. The first-order valence-electron chi connectivity index (χ1n) is 6.73.